The molecule has 1 aliphatic carbocycles. The van der Waals surface area contributed by atoms with Crippen LogP contribution in [0.5, 0.6) is 0 Å². The van der Waals surface area contributed by atoms with Crippen LogP contribution in [0.3, 0.4) is 0 Å². The zero-order valence-corrected chi connectivity index (χ0v) is 24.2. The number of hydrogen-bond acceptors (Lipinski definition) is 5. The van der Waals surface area contributed by atoms with Crippen molar-refractivity contribution >= 4 is 34.6 Å². The topological polar surface area (TPSA) is 91.4 Å². The molecule has 2 heterocycles. The molecule has 0 aromatic carbocycles. The second kappa shape index (κ2) is 11.9. The van der Waals surface area contributed by atoms with E-state index in [1.807, 2.05) is 45.4 Å². The fraction of sp³-hybridized carbons (Fsp3) is 0.586. The largest absolute Gasteiger partial charge is 0.350 e. The number of nitrogens with zero attached hydrogens (tertiary/aromatic N) is 2. The molecule has 38 heavy (non-hydrogen) atoms. The minimum absolute atomic E-state index is 0.176. The number of allylic oxidation sites excluding steroid dienone is 3. The molecule has 7 nitrogen and oxygen atoms in total. The van der Waals surface area contributed by atoms with Gasteiger partial charge in [0.1, 0.15) is 12.1 Å². The van der Waals surface area contributed by atoms with Crippen LogP contribution in [0, 0.1) is 18.3 Å². The Hall–Kier alpha value is -2.81. The van der Waals surface area contributed by atoms with Crippen LogP contribution in [0.4, 0.5) is 4.39 Å². The molecule has 1 unspecified atom stereocenters. The number of likely N-dealkylation sites (tertiary alicyclic amines) is 1. The maximum atomic E-state index is 14.3. The minimum atomic E-state index is -1.87. The van der Waals surface area contributed by atoms with Crippen molar-refractivity contribution in [3.8, 4) is 0 Å². The Kier molecular flexibility index (Phi) is 9.34. The first-order valence-corrected chi connectivity index (χ1v) is 14.2. The molecule has 2 N–H and O–H groups in total. The fourth-order valence-corrected chi connectivity index (χ4v) is 5.51. The molecule has 1 aliphatic heterocycles. The summed E-state index contributed by atoms with van der Waals surface area (Å²) < 4.78 is 14.3. The average Bonchev–Trinajstić information content (AvgIpc) is 3.22. The molecular formula is C29H41FN4O3S. The van der Waals surface area contributed by atoms with Gasteiger partial charge in [-0.2, -0.15) is 0 Å². The number of hydrogen-bond donors (Lipinski definition) is 2. The van der Waals surface area contributed by atoms with E-state index >= 15 is 0 Å². The van der Waals surface area contributed by atoms with Gasteiger partial charge in [-0.05, 0) is 55.1 Å². The van der Waals surface area contributed by atoms with Crippen molar-refractivity contribution in [3.05, 3.63) is 46.5 Å². The van der Waals surface area contributed by atoms with Gasteiger partial charge in [0.25, 0.3) is 5.91 Å². The highest BCUT2D eigenvalue weighted by molar-refractivity contribution is 7.10. The van der Waals surface area contributed by atoms with Gasteiger partial charge < -0.3 is 15.5 Å². The predicted molar refractivity (Wildman–Crippen MR) is 150 cm³/mol. The highest BCUT2D eigenvalue weighted by Crippen LogP contribution is 2.40. The summed E-state index contributed by atoms with van der Waals surface area (Å²) >= 11 is 1.61. The van der Waals surface area contributed by atoms with Gasteiger partial charge in [-0.15, -0.1) is 11.3 Å². The van der Waals surface area contributed by atoms with Crippen molar-refractivity contribution in [2.75, 3.05) is 13.1 Å². The standard InChI is InChI=1S/C29H41FN4O3S/c1-8-20(11-12-21(18(2)3)23-19(4)32-17-38-23)16-31-25(35)22-10-9-15-34(22)26(36)24(28(5,6)7)33-27(37)29(30)13-14-29/h8,11-12,17-18,22,24H,1,9-10,13-16H2,2-7H3,(H,31,35)(H,33,37)/b20-11+,21-12+/t22-,24?/m0/s1. The fourth-order valence-electron chi connectivity index (χ4n) is 4.53. The summed E-state index contributed by atoms with van der Waals surface area (Å²) in [6.07, 6.45) is 7.28. The van der Waals surface area contributed by atoms with E-state index in [2.05, 4.69) is 36.0 Å². The second-order valence-corrected chi connectivity index (χ2v) is 12.5. The van der Waals surface area contributed by atoms with Crippen molar-refractivity contribution in [2.45, 2.75) is 85.0 Å². The maximum Gasteiger partial charge on any atom is 0.258 e. The maximum absolute atomic E-state index is 14.3. The van der Waals surface area contributed by atoms with Crippen molar-refractivity contribution in [2.24, 2.45) is 11.3 Å². The van der Waals surface area contributed by atoms with Crippen molar-refractivity contribution in [3.63, 3.8) is 0 Å². The van der Waals surface area contributed by atoms with Gasteiger partial charge in [0.15, 0.2) is 5.67 Å². The van der Waals surface area contributed by atoms with E-state index in [9.17, 15) is 18.8 Å². The van der Waals surface area contributed by atoms with E-state index in [1.54, 1.807) is 17.4 Å². The molecule has 0 spiro atoms. The number of alkyl halides is 1. The molecule has 0 radical (unpaired) electrons. The molecule has 2 fully saturated rings. The van der Waals surface area contributed by atoms with Gasteiger partial charge in [0.2, 0.25) is 11.8 Å². The number of thiazole rings is 1. The van der Waals surface area contributed by atoms with E-state index in [4.69, 9.17) is 0 Å². The zero-order chi connectivity index (χ0) is 28.3. The monoisotopic (exact) mass is 544 g/mol. The Morgan fingerprint density at radius 2 is 1.97 bits per heavy atom. The molecule has 208 valence electrons. The number of carbonyl (C=O) groups is 3. The van der Waals surface area contributed by atoms with E-state index < -0.39 is 29.1 Å². The van der Waals surface area contributed by atoms with E-state index in [1.165, 1.54) is 10.5 Å². The van der Waals surface area contributed by atoms with Crippen molar-refractivity contribution < 1.29 is 18.8 Å². The number of nitrogens with one attached hydrogen (secondary N) is 2. The Morgan fingerprint density at radius 1 is 1.29 bits per heavy atom. The second-order valence-electron chi connectivity index (χ2n) is 11.6. The normalized spacial score (nSPS) is 20.3. The Balaban J connectivity index is 1.69. The van der Waals surface area contributed by atoms with Crippen LogP contribution < -0.4 is 10.6 Å². The van der Waals surface area contributed by atoms with E-state index in [-0.39, 0.29) is 31.2 Å². The summed E-state index contributed by atoms with van der Waals surface area (Å²) in [6.45, 7) is 16.3. The Morgan fingerprint density at radius 3 is 2.50 bits per heavy atom. The number of aromatic nitrogens is 1. The predicted octanol–water partition coefficient (Wildman–Crippen LogP) is 4.74. The minimum Gasteiger partial charge on any atom is -0.350 e. The average molecular weight is 545 g/mol. The highest BCUT2D eigenvalue weighted by Gasteiger charge is 2.53. The molecule has 1 saturated heterocycles. The third-order valence-corrected chi connectivity index (χ3v) is 8.14. The van der Waals surface area contributed by atoms with Crippen molar-refractivity contribution in [1.29, 1.82) is 0 Å². The zero-order valence-electron chi connectivity index (χ0n) is 23.4. The lowest BCUT2D eigenvalue weighted by atomic mass is 9.85. The van der Waals surface area contributed by atoms with Gasteiger partial charge in [-0.25, -0.2) is 9.37 Å². The van der Waals surface area contributed by atoms with Gasteiger partial charge in [-0.1, -0.05) is 59.4 Å². The first kappa shape index (κ1) is 29.7. The Bertz CT molecular complexity index is 1130. The van der Waals surface area contributed by atoms with Gasteiger partial charge in [0, 0.05) is 13.1 Å². The quantitative estimate of drug-likeness (QED) is 0.416. The molecule has 1 aromatic heterocycles. The van der Waals surface area contributed by atoms with Crippen LogP contribution in [-0.2, 0) is 14.4 Å². The third kappa shape index (κ3) is 6.98. The summed E-state index contributed by atoms with van der Waals surface area (Å²) in [4.78, 5) is 46.2. The molecule has 1 saturated carbocycles. The molecule has 3 amide bonds. The summed E-state index contributed by atoms with van der Waals surface area (Å²) in [5.74, 6) is -1.04. The smallest absolute Gasteiger partial charge is 0.258 e. The summed E-state index contributed by atoms with van der Waals surface area (Å²) in [7, 11) is 0. The lowest BCUT2D eigenvalue weighted by Gasteiger charge is -2.35. The summed E-state index contributed by atoms with van der Waals surface area (Å²) in [5.41, 5.74) is 2.32. The van der Waals surface area contributed by atoms with Crippen LogP contribution >= 0.6 is 11.3 Å². The third-order valence-electron chi connectivity index (χ3n) is 7.16. The Labute approximate surface area is 229 Å². The SMILES string of the molecule is C=C/C(=C\C=C(\c1scnc1C)C(C)C)CNC(=O)[C@@H]1CCCN1C(=O)C(NC(=O)C1(F)CC1)C(C)(C)C. The number of rotatable bonds is 10. The van der Waals surface area contributed by atoms with Crippen LogP contribution in [0.2, 0.25) is 0 Å². The number of carbonyl (C=O) groups excluding carboxylic acids is 3. The first-order valence-electron chi connectivity index (χ1n) is 13.3. The molecule has 2 aliphatic rings. The van der Waals surface area contributed by atoms with E-state index in [0.29, 0.717) is 25.3 Å². The van der Waals surface area contributed by atoms with Gasteiger partial charge in [0.05, 0.1) is 16.1 Å². The number of amides is 3. The first-order chi connectivity index (χ1) is 17.8. The lowest BCUT2D eigenvalue weighted by Crippen LogP contribution is -2.59. The van der Waals surface area contributed by atoms with Gasteiger partial charge in [-0.3, -0.25) is 14.4 Å². The van der Waals surface area contributed by atoms with Crippen LogP contribution in [0.1, 0.15) is 70.9 Å². The van der Waals surface area contributed by atoms with Crippen LogP contribution in [0.15, 0.2) is 35.9 Å². The van der Waals surface area contributed by atoms with Crippen molar-refractivity contribution in [1.82, 2.24) is 20.5 Å². The molecule has 9 heteroatoms. The molecule has 0 bridgehead atoms. The van der Waals surface area contributed by atoms with E-state index in [0.717, 1.165) is 16.1 Å². The number of halogens is 1. The summed E-state index contributed by atoms with van der Waals surface area (Å²) in [5, 5.41) is 5.59. The molecular weight excluding hydrogens is 503 g/mol. The van der Waals surface area contributed by atoms with Crippen LogP contribution in [0.25, 0.3) is 5.57 Å². The molecule has 2 atom stereocenters. The van der Waals surface area contributed by atoms with Crippen LogP contribution in [-0.4, -0.2) is 58.4 Å². The number of aryl methyl sites for hydroxylation is 1. The molecule has 1 aromatic rings. The summed E-state index contributed by atoms with van der Waals surface area (Å²) in [6, 6.07) is -1.56. The van der Waals surface area contributed by atoms with Gasteiger partial charge >= 0.3 is 0 Å². The molecule has 3 rings (SSSR count). The highest BCUT2D eigenvalue weighted by atomic mass is 32.1. The lowest BCUT2D eigenvalue weighted by molar-refractivity contribution is -0.144.